The van der Waals surface area contributed by atoms with Gasteiger partial charge in [0.05, 0.1) is 24.0 Å². The molecular formula is C32H37N3O4. The average Bonchev–Trinajstić information content (AvgIpc) is 3.56. The van der Waals surface area contributed by atoms with Crippen molar-refractivity contribution in [3.8, 4) is 0 Å². The molecule has 2 aromatic carbocycles. The number of ether oxygens (including phenoxy) is 1. The van der Waals surface area contributed by atoms with Crippen molar-refractivity contribution in [1.29, 1.82) is 0 Å². The zero-order valence-corrected chi connectivity index (χ0v) is 22.9. The summed E-state index contributed by atoms with van der Waals surface area (Å²) in [6.07, 6.45) is 8.44. The molecular weight excluding hydrogens is 490 g/mol. The van der Waals surface area contributed by atoms with Gasteiger partial charge < -0.3 is 20.3 Å². The summed E-state index contributed by atoms with van der Waals surface area (Å²) in [7, 11) is 0. The third kappa shape index (κ3) is 4.37. The number of nitrogens with one attached hydrogen (secondary N) is 2. The van der Waals surface area contributed by atoms with Gasteiger partial charge in [-0.05, 0) is 62.4 Å². The van der Waals surface area contributed by atoms with Crippen molar-refractivity contribution < 1.29 is 19.1 Å². The fourth-order valence-corrected chi connectivity index (χ4v) is 7.32. The van der Waals surface area contributed by atoms with Gasteiger partial charge in [0.1, 0.15) is 11.6 Å². The van der Waals surface area contributed by atoms with Crippen molar-refractivity contribution in [2.45, 2.75) is 82.7 Å². The molecule has 1 aliphatic carbocycles. The maximum absolute atomic E-state index is 14.3. The van der Waals surface area contributed by atoms with Crippen LogP contribution in [0.3, 0.4) is 0 Å². The highest BCUT2D eigenvalue weighted by molar-refractivity contribution is 6.03. The summed E-state index contributed by atoms with van der Waals surface area (Å²) >= 11 is 0. The topological polar surface area (TPSA) is 87.7 Å². The molecule has 0 aromatic heterocycles. The minimum absolute atomic E-state index is 0.0944. The van der Waals surface area contributed by atoms with Gasteiger partial charge in [0, 0.05) is 11.7 Å². The smallest absolute Gasteiger partial charge is 0.246 e. The van der Waals surface area contributed by atoms with Crippen molar-refractivity contribution in [3.63, 3.8) is 0 Å². The van der Waals surface area contributed by atoms with Crippen LogP contribution in [0.15, 0.2) is 60.7 Å². The molecule has 6 rings (SSSR count). The first-order valence-electron chi connectivity index (χ1n) is 14.2. The first-order chi connectivity index (χ1) is 18.8. The van der Waals surface area contributed by atoms with E-state index in [4.69, 9.17) is 4.74 Å². The lowest BCUT2D eigenvalue weighted by Gasteiger charge is -2.37. The van der Waals surface area contributed by atoms with Crippen LogP contribution in [0.4, 0.5) is 5.69 Å². The van der Waals surface area contributed by atoms with Crippen molar-refractivity contribution >= 4 is 23.4 Å². The fourth-order valence-electron chi connectivity index (χ4n) is 7.32. The largest absolute Gasteiger partial charge is 0.359 e. The van der Waals surface area contributed by atoms with Crippen LogP contribution in [0.2, 0.25) is 0 Å². The third-order valence-corrected chi connectivity index (χ3v) is 9.00. The molecule has 39 heavy (non-hydrogen) atoms. The molecule has 7 heteroatoms. The van der Waals surface area contributed by atoms with E-state index >= 15 is 0 Å². The highest BCUT2D eigenvalue weighted by Gasteiger charge is 2.73. The number of aryl methyl sites for hydroxylation is 2. The van der Waals surface area contributed by atoms with E-state index in [2.05, 4.69) is 10.6 Å². The van der Waals surface area contributed by atoms with Gasteiger partial charge in [0.15, 0.2) is 0 Å². The van der Waals surface area contributed by atoms with Crippen LogP contribution in [0.25, 0.3) is 0 Å². The van der Waals surface area contributed by atoms with Gasteiger partial charge in [-0.25, -0.2) is 0 Å². The number of fused-ring (bicyclic) bond motifs is 1. The van der Waals surface area contributed by atoms with E-state index in [0.29, 0.717) is 5.69 Å². The summed E-state index contributed by atoms with van der Waals surface area (Å²) in [6, 6.07) is 14.5. The zero-order chi connectivity index (χ0) is 27.3. The number of anilines is 1. The second kappa shape index (κ2) is 9.94. The Labute approximate surface area is 230 Å². The molecule has 7 nitrogen and oxygen atoms in total. The van der Waals surface area contributed by atoms with Crippen molar-refractivity contribution in [2.75, 3.05) is 5.32 Å². The first-order valence-corrected chi connectivity index (χ1v) is 14.2. The number of amides is 3. The molecule has 3 amide bonds. The number of likely N-dealkylation sites (tertiary alicyclic amines) is 1. The quantitative estimate of drug-likeness (QED) is 0.538. The fraction of sp³-hybridized carbons (Fsp3) is 0.469. The SMILES string of the molecule is Cc1cc(C)cc(NC(=O)C2C3C=CC4(O3)C2C(=O)N(C(C)c2ccccc2)C4C(=O)NC2CCCCC2)c1. The van der Waals surface area contributed by atoms with Crippen LogP contribution in [0, 0.1) is 25.7 Å². The van der Waals surface area contributed by atoms with Crippen LogP contribution >= 0.6 is 0 Å². The Bertz CT molecular complexity index is 1300. The Balaban J connectivity index is 1.35. The van der Waals surface area contributed by atoms with Crippen molar-refractivity contribution in [1.82, 2.24) is 10.2 Å². The van der Waals surface area contributed by atoms with Crippen LogP contribution in [0.5, 0.6) is 0 Å². The van der Waals surface area contributed by atoms with E-state index < -0.39 is 29.6 Å². The molecule has 3 fully saturated rings. The predicted octanol–water partition coefficient (Wildman–Crippen LogP) is 4.60. The number of benzene rings is 2. The van der Waals surface area contributed by atoms with Crippen LogP contribution in [0.1, 0.15) is 61.8 Å². The Morgan fingerprint density at radius 2 is 1.69 bits per heavy atom. The number of rotatable bonds is 6. The van der Waals surface area contributed by atoms with E-state index in [0.717, 1.165) is 42.4 Å². The van der Waals surface area contributed by atoms with E-state index in [1.165, 1.54) is 6.42 Å². The highest BCUT2D eigenvalue weighted by Crippen LogP contribution is 2.56. The zero-order valence-electron chi connectivity index (χ0n) is 22.9. The molecule has 2 N–H and O–H groups in total. The van der Waals surface area contributed by atoms with Gasteiger partial charge in [0.2, 0.25) is 17.7 Å². The highest BCUT2D eigenvalue weighted by atomic mass is 16.5. The third-order valence-electron chi connectivity index (χ3n) is 9.00. The minimum atomic E-state index is -1.17. The number of carbonyl (C=O) groups is 3. The molecule has 6 atom stereocenters. The molecule has 1 spiro atoms. The normalized spacial score (nSPS) is 30.3. The summed E-state index contributed by atoms with van der Waals surface area (Å²) < 4.78 is 6.52. The summed E-state index contributed by atoms with van der Waals surface area (Å²) in [5, 5.41) is 6.30. The Kier molecular flexibility index (Phi) is 6.58. The number of hydrogen-bond acceptors (Lipinski definition) is 4. The average molecular weight is 528 g/mol. The van der Waals surface area contributed by atoms with E-state index in [1.807, 2.05) is 81.5 Å². The second-order valence-electron chi connectivity index (χ2n) is 11.7. The molecule has 3 heterocycles. The number of hydrogen-bond donors (Lipinski definition) is 2. The molecule has 6 unspecified atom stereocenters. The van der Waals surface area contributed by atoms with E-state index in [-0.39, 0.29) is 29.8 Å². The molecule has 2 bridgehead atoms. The molecule has 0 radical (unpaired) electrons. The molecule has 2 aromatic rings. The summed E-state index contributed by atoms with van der Waals surface area (Å²) in [5.41, 5.74) is 2.56. The maximum Gasteiger partial charge on any atom is 0.246 e. The predicted molar refractivity (Wildman–Crippen MR) is 149 cm³/mol. The lowest BCUT2D eigenvalue weighted by molar-refractivity contribution is -0.143. The van der Waals surface area contributed by atoms with Gasteiger partial charge >= 0.3 is 0 Å². The number of carbonyl (C=O) groups excluding carboxylic acids is 3. The summed E-state index contributed by atoms with van der Waals surface area (Å²) in [4.78, 5) is 43.8. The first kappa shape index (κ1) is 25.8. The minimum Gasteiger partial charge on any atom is -0.359 e. The van der Waals surface area contributed by atoms with Crippen molar-refractivity contribution in [3.05, 3.63) is 77.4 Å². The Hall–Kier alpha value is -3.45. The maximum atomic E-state index is 14.3. The van der Waals surface area contributed by atoms with Crippen molar-refractivity contribution in [2.24, 2.45) is 11.8 Å². The van der Waals surface area contributed by atoms with Crippen LogP contribution in [-0.4, -0.2) is 46.4 Å². The number of nitrogens with zero attached hydrogens (tertiary/aromatic N) is 1. The van der Waals surface area contributed by atoms with E-state index in [1.54, 1.807) is 4.90 Å². The summed E-state index contributed by atoms with van der Waals surface area (Å²) in [6.45, 7) is 5.92. The van der Waals surface area contributed by atoms with Crippen LogP contribution < -0.4 is 10.6 Å². The molecule has 204 valence electrons. The Morgan fingerprint density at radius 1 is 1.00 bits per heavy atom. The van der Waals surface area contributed by atoms with Gasteiger partial charge in [0.25, 0.3) is 0 Å². The monoisotopic (exact) mass is 527 g/mol. The van der Waals surface area contributed by atoms with Crippen LogP contribution in [-0.2, 0) is 19.1 Å². The molecule has 4 aliphatic rings. The molecule has 3 aliphatic heterocycles. The van der Waals surface area contributed by atoms with Gasteiger partial charge in [-0.2, -0.15) is 0 Å². The van der Waals surface area contributed by atoms with E-state index in [9.17, 15) is 14.4 Å². The molecule has 1 saturated carbocycles. The lowest BCUT2D eigenvalue weighted by atomic mass is 9.74. The summed E-state index contributed by atoms with van der Waals surface area (Å²) in [5.74, 6) is -2.15. The standard InChI is InChI=1S/C32H37N3O4/c1-19-16-20(2)18-24(17-19)34-29(36)26-25-14-15-32(39-25)27(26)31(38)35(21(3)22-10-6-4-7-11-22)28(32)30(37)33-23-12-8-5-9-13-23/h4,6-7,10-11,14-18,21,23,25-28H,5,8-9,12-13H2,1-3H3,(H,33,37)(H,34,36). The van der Waals surface area contributed by atoms with Gasteiger partial charge in [-0.3, -0.25) is 14.4 Å². The molecule has 2 saturated heterocycles. The Morgan fingerprint density at radius 3 is 2.38 bits per heavy atom. The van der Waals surface area contributed by atoms with Gasteiger partial charge in [-0.15, -0.1) is 0 Å². The second-order valence-corrected chi connectivity index (χ2v) is 11.7. The van der Waals surface area contributed by atoms with Gasteiger partial charge in [-0.1, -0.05) is 67.8 Å². The lowest BCUT2D eigenvalue weighted by Crippen LogP contribution is -2.56.